The molecule has 168 valence electrons. The van der Waals surface area contributed by atoms with Crippen LogP contribution in [0.15, 0.2) is 47.4 Å². The van der Waals surface area contributed by atoms with Crippen molar-refractivity contribution in [2.75, 3.05) is 11.8 Å². The third-order valence-electron chi connectivity index (χ3n) is 4.44. The normalized spacial score (nSPS) is 12.3. The van der Waals surface area contributed by atoms with E-state index in [0.717, 1.165) is 6.07 Å². The zero-order valence-electron chi connectivity index (χ0n) is 17.0. The number of nitrogens with one attached hydrogen (secondary N) is 1. The van der Waals surface area contributed by atoms with Crippen LogP contribution in [0, 0.1) is 5.82 Å². The first-order valence-corrected chi connectivity index (χ1v) is 11.2. The van der Waals surface area contributed by atoms with Crippen LogP contribution in [0.4, 0.5) is 10.1 Å². The summed E-state index contributed by atoms with van der Waals surface area (Å²) in [5, 5.41) is 9.64. The molecule has 0 aliphatic heterocycles. The average Bonchev–Trinajstić information content (AvgIpc) is 2.75. The van der Waals surface area contributed by atoms with Gasteiger partial charge in [-0.1, -0.05) is 23.2 Å². The van der Waals surface area contributed by atoms with E-state index in [2.05, 4.69) is 19.7 Å². The smallest absolute Gasteiger partial charge is 0.267 e. The summed E-state index contributed by atoms with van der Waals surface area (Å²) in [4.78, 5) is 11.8. The second-order valence-electron chi connectivity index (χ2n) is 6.55. The van der Waals surface area contributed by atoms with Gasteiger partial charge in [-0.2, -0.15) is 0 Å². The summed E-state index contributed by atoms with van der Waals surface area (Å²) in [5.74, 6) is -1.10. The summed E-state index contributed by atoms with van der Waals surface area (Å²) >= 11 is 12.0. The molecule has 2 heterocycles. The Bertz CT molecular complexity index is 1310. The highest BCUT2D eigenvalue weighted by Gasteiger charge is 2.25. The summed E-state index contributed by atoms with van der Waals surface area (Å²) in [7, 11) is -3.07. The third-order valence-corrected chi connectivity index (χ3v) is 6.32. The number of hydrogen-bond donors (Lipinski definition) is 2. The van der Waals surface area contributed by atoms with Gasteiger partial charge in [0.2, 0.25) is 5.88 Å². The molecule has 0 amide bonds. The van der Waals surface area contributed by atoms with Gasteiger partial charge in [0.25, 0.3) is 10.0 Å². The Morgan fingerprint density at radius 2 is 1.84 bits per heavy atom. The number of halogens is 3. The first-order chi connectivity index (χ1) is 15.0. The van der Waals surface area contributed by atoms with Crippen LogP contribution >= 0.6 is 23.2 Å². The van der Waals surface area contributed by atoms with Crippen LogP contribution in [0.5, 0.6) is 5.88 Å². The lowest BCUT2D eigenvalue weighted by Gasteiger charge is -2.14. The first-order valence-electron chi connectivity index (χ1n) is 8.94. The monoisotopic (exact) mass is 498 g/mol. The second kappa shape index (κ2) is 9.27. The fourth-order valence-corrected chi connectivity index (χ4v) is 4.33. The number of rotatable bonds is 6. The minimum atomic E-state index is -4.32. The number of benzene rings is 1. The van der Waals surface area contributed by atoms with E-state index in [4.69, 9.17) is 27.9 Å². The number of aliphatic hydroxyl groups is 1. The van der Waals surface area contributed by atoms with Crippen molar-refractivity contribution in [1.82, 2.24) is 15.0 Å². The molecule has 0 bridgehead atoms. The van der Waals surface area contributed by atoms with Gasteiger partial charge in [-0.15, -0.1) is 0 Å². The molecule has 2 N–H and O–H groups in total. The molecule has 12 heteroatoms. The molecule has 8 nitrogen and oxygen atoms in total. The van der Waals surface area contributed by atoms with E-state index in [9.17, 15) is 13.5 Å². The molecule has 0 saturated carbocycles. The molecular weight excluding hydrogens is 482 g/mol. The maximum Gasteiger partial charge on any atom is 0.267 e. The summed E-state index contributed by atoms with van der Waals surface area (Å²) in [6.45, 7) is 3.16. The van der Waals surface area contributed by atoms with Gasteiger partial charge in [0, 0.05) is 11.8 Å². The van der Waals surface area contributed by atoms with E-state index < -0.39 is 15.8 Å². The van der Waals surface area contributed by atoms with Crippen LogP contribution in [-0.4, -0.2) is 35.6 Å². The van der Waals surface area contributed by atoms with Crippen LogP contribution < -0.4 is 9.46 Å². The van der Waals surface area contributed by atoms with E-state index >= 15 is 4.39 Å². The zero-order chi connectivity index (χ0) is 23.6. The molecule has 0 atom stereocenters. The number of nitrogens with zero attached hydrogens (tertiary/aromatic N) is 3. The lowest BCUT2D eigenvalue weighted by Crippen LogP contribution is -2.16. The molecule has 0 spiro atoms. The van der Waals surface area contributed by atoms with Crippen molar-refractivity contribution in [3.63, 3.8) is 0 Å². The topological polar surface area (TPSA) is 114 Å². The summed E-state index contributed by atoms with van der Waals surface area (Å²) in [5.41, 5.74) is 0.440. The van der Waals surface area contributed by atoms with Crippen LogP contribution in [0.25, 0.3) is 16.8 Å². The van der Waals surface area contributed by atoms with Gasteiger partial charge in [0.1, 0.15) is 0 Å². The maximum absolute atomic E-state index is 15.3. The largest absolute Gasteiger partial charge is 0.512 e. The van der Waals surface area contributed by atoms with Gasteiger partial charge in [0.15, 0.2) is 10.7 Å². The van der Waals surface area contributed by atoms with Crippen LogP contribution in [0.2, 0.25) is 10.0 Å². The zero-order valence-corrected chi connectivity index (χ0v) is 19.3. The molecule has 3 rings (SSSR count). The van der Waals surface area contributed by atoms with Gasteiger partial charge in [0.05, 0.1) is 57.9 Å². The quantitative estimate of drug-likeness (QED) is 0.454. The number of ether oxygens (including phenoxy) is 1. The molecule has 0 aliphatic carbocycles. The molecule has 0 fully saturated rings. The third kappa shape index (κ3) is 4.77. The minimum absolute atomic E-state index is 0.0000958. The minimum Gasteiger partial charge on any atom is -0.512 e. The Morgan fingerprint density at radius 3 is 2.44 bits per heavy atom. The van der Waals surface area contributed by atoms with Crippen molar-refractivity contribution in [3.05, 3.63) is 64.1 Å². The number of pyridine rings is 1. The van der Waals surface area contributed by atoms with E-state index in [-0.39, 0.29) is 43.5 Å². The fourth-order valence-electron chi connectivity index (χ4n) is 2.66. The van der Waals surface area contributed by atoms with Crippen LogP contribution in [-0.2, 0) is 10.0 Å². The summed E-state index contributed by atoms with van der Waals surface area (Å²) in [6.07, 6.45) is 3.84. The van der Waals surface area contributed by atoms with Crippen molar-refractivity contribution in [2.45, 2.75) is 18.7 Å². The average molecular weight is 499 g/mol. The van der Waals surface area contributed by atoms with Gasteiger partial charge >= 0.3 is 0 Å². The van der Waals surface area contributed by atoms with E-state index in [0.29, 0.717) is 11.3 Å². The van der Waals surface area contributed by atoms with E-state index in [1.807, 2.05) is 0 Å². The predicted octanol–water partition coefficient (Wildman–Crippen LogP) is 5.10. The highest BCUT2D eigenvalue weighted by molar-refractivity contribution is 7.92. The number of aliphatic hydroxyl groups excluding tert-OH is 1. The van der Waals surface area contributed by atoms with Crippen molar-refractivity contribution >= 4 is 44.5 Å². The molecule has 0 aliphatic rings. The Labute approximate surface area is 193 Å². The Morgan fingerprint density at radius 1 is 1.12 bits per heavy atom. The maximum atomic E-state index is 15.3. The predicted molar refractivity (Wildman–Crippen MR) is 120 cm³/mol. The number of anilines is 1. The number of allylic oxidation sites excluding steroid dienone is 2. The Hall–Kier alpha value is -2.95. The van der Waals surface area contributed by atoms with Gasteiger partial charge < -0.3 is 9.84 Å². The molecule has 0 unspecified atom stereocenters. The molecular formula is C20H17Cl2FN4O4S. The van der Waals surface area contributed by atoms with Gasteiger partial charge in [-0.3, -0.25) is 14.7 Å². The Balaban J connectivity index is 2.04. The number of sulfonamides is 1. The van der Waals surface area contributed by atoms with Gasteiger partial charge in [-0.05, 0) is 32.0 Å². The lowest BCUT2D eigenvalue weighted by molar-refractivity contribution is 0.385. The molecule has 0 radical (unpaired) electrons. The van der Waals surface area contributed by atoms with Crippen LogP contribution in [0.3, 0.4) is 0 Å². The fraction of sp³-hybridized carbons (Fsp3) is 0.150. The second-order valence-corrected chi connectivity index (χ2v) is 9.04. The van der Waals surface area contributed by atoms with Gasteiger partial charge in [-0.25, -0.2) is 17.8 Å². The first kappa shape index (κ1) is 23.7. The van der Waals surface area contributed by atoms with Crippen molar-refractivity contribution in [1.29, 1.82) is 0 Å². The molecule has 2 aromatic heterocycles. The van der Waals surface area contributed by atoms with Crippen LogP contribution in [0.1, 0.15) is 19.5 Å². The number of hydrogen-bond acceptors (Lipinski definition) is 7. The summed E-state index contributed by atoms with van der Waals surface area (Å²) in [6, 6.07) is 3.63. The molecule has 0 saturated heterocycles. The van der Waals surface area contributed by atoms with Crippen molar-refractivity contribution in [3.8, 4) is 17.1 Å². The highest BCUT2D eigenvalue weighted by Crippen LogP contribution is 2.35. The Kier molecular flexibility index (Phi) is 6.87. The highest BCUT2D eigenvalue weighted by atomic mass is 35.5. The molecule has 1 aromatic carbocycles. The SMILES string of the molecule is COc1ncc(Cl)cc1S(=O)(=O)Nc1ccc(Cl)c(-c2cnc(/C(C)=C(/C)O)cn2)c1F. The van der Waals surface area contributed by atoms with E-state index in [1.165, 1.54) is 44.8 Å². The van der Waals surface area contributed by atoms with Crippen molar-refractivity contribution < 1.29 is 22.7 Å². The van der Waals surface area contributed by atoms with Crippen molar-refractivity contribution in [2.24, 2.45) is 0 Å². The molecule has 32 heavy (non-hydrogen) atoms. The lowest BCUT2D eigenvalue weighted by atomic mass is 10.1. The standard InChI is InChI=1S/C20H17Cl2FN4O4S/c1-10(11(2)28)15-8-25-16(9-24-15)18-13(22)4-5-14(19(18)23)27-32(29,30)17-6-12(21)7-26-20(17)31-3/h4-9,27-28H,1-3H3/b11-10-. The number of aromatic nitrogens is 3. The van der Waals surface area contributed by atoms with E-state index in [1.54, 1.807) is 6.92 Å². The number of methoxy groups -OCH3 is 1. The summed E-state index contributed by atoms with van der Waals surface area (Å²) < 4.78 is 48.2. The molecule has 3 aromatic rings.